The minimum absolute atomic E-state index is 0.235. The fourth-order valence-electron chi connectivity index (χ4n) is 2.78. The zero-order chi connectivity index (χ0) is 20.5. The largest absolute Gasteiger partial charge is 0.397 e. The monoisotopic (exact) mass is 386 g/mol. The Morgan fingerprint density at radius 2 is 1.82 bits per heavy atom. The van der Waals surface area contributed by atoms with Gasteiger partial charge in [-0.3, -0.25) is 4.79 Å². The second kappa shape index (κ2) is 10.3. The molecule has 150 valence electrons. The summed E-state index contributed by atoms with van der Waals surface area (Å²) >= 11 is 0. The average Bonchev–Trinajstić information content (AvgIpc) is 2.72. The van der Waals surface area contributed by atoms with Gasteiger partial charge in [0.05, 0.1) is 11.4 Å². The van der Waals surface area contributed by atoms with Crippen molar-refractivity contribution in [2.45, 2.75) is 20.3 Å². The number of allylic oxidation sites excluding steroid dienone is 4. The average molecular weight is 386 g/mol. The van der Waals surface area contributed by atoms with E-state index in [1.54, 1.807) is 28.0 Å². The van der Waals surface area contributed by atoms with Crippen LogP contribution in [-0.2, 0) is 4.79 Å². The summed E-state index contributed by atoms with van der Waals surface area (Å²) in [4.78, 5) is 26.6. The van der Waals surface area contributed by atoms with Crippen LogP contribution in [0.5, 0.6) is 0 Å². The molecule has 0 unspecified atom stereocenters. The van der Waals surface area contributed by atoms with Crippen molar-refractivity contribution in [3.05, 3.63) is 65.3 Å². The van der Waals surface area contributed by atoms with Crippen LogP contribution < -0.4 is 11.1 Å². The number of amides is 3. The highest BCUT2D eigenvalue weighted by Crippen LogP contribution is 2.15. The van der Waals surface area contributed by atoms with E-state index in [0.29, 0.717) is 44.0 Å². The maximum Gasteiger partial charge on any atom is 0.322 e. The molecule has 1 heterocycles. The molecular weight excluding hydrogens is 359 g/mol. The Balaban J connectivity index is 2.05. The maximum atomic E-state index is 13.0. The van der Waals surface area contributed by atoms with Crippen LogP contribution in [0.3, 0.4) is 0 Å². The van der Waals surface area contributed by atoms with Crippen molar-refractivity contribution in [2.75, 3.05) is 26.2 Å². The molecule has 0 bridgehead atoms. The summed E-state index contributed by atoms with van der Waals surface area (Å²) in [5.41, 5.74) is 8.98. The van der Waals surface area contributed by atoms with Crippen LogP contribution >= 0.6 is 0 Å². The van der Waals surface area contributed by atoms with Gasteiger partial charge in [0.2, 0.25) is 6.41 Å². The molecule has 3 N–H and O–H groups in total. The van der Waals surface area contributed by atoms with E-state index in [9.17, 15) is 14.0 Å². The van der Waals surface area contributed by atoms with Crippen molar-refractivity contribution < 1.29 is 14.0 Å². The molecular formula is C21H27FN4O2. The van der Waals surface area contributed by atoms with Crippen molar-refractivity contribution in [1.29, 1.82) is 0 Å². The van der Waals surface area contributed by atoms with Crippen molar-refractivity contribution in [1.82, 2.24) is 15.1 Å². The molecule has 0 spiro atoms. The van der Waals surface area contributed by atoms with E-state index in [4.69, 9.17) is 5.73 Å². The van der Waals surface area contributed by atoms with E-state index >= 15 is 0 Å². The number of hydrogen-bond acceptors (Lipinski definition) is 3. The summed E-state index contributed by atoms with van der Waals surface area (Å²) in [7, 11) is 0. The maximum absolute atomic E-state index is 13.0. The van der Waals surface area contributed by atoms with Gasteiger partial charge in [0, 0.05) is 26.2 Å². The van der Waals surface area contributed by atoms with E-state index in [-0.39, 0.29) is 11.8 Å². The molecule has 1 aromatic carbocycles. The predicted molar refractivity (Wildman–Crippen MR) is 108 cm³/mol. The number of nitrogens with zero attached hydrogens (tertiary/aromatic N) is 2. The highest BCUT2D eigenvalue weighted by Gasteiger charge is 2.20. The second-order valence-electron chi connectivity index (χ2n) is 6.56. The van der Waals surface area contributed by atoms with Crippen LogP contribution in [0.4, 0.5) is 9.18 Å². The van der Waals surface area contributed by atoms with Gasteiger partial charge in [-0.25, -0.2) is 9.18 Å². The first-order chi connectivity index (χ1) is 13.4. The number of piperazine rings is 1. The van der Waals surface area contributed by atoms with Gasteiger partial charge in [0.25, 0.3) is 0 Å². The predicted octanol–water partition coefficient (Wildman–Crippen LogP) is 2.85. The normalized spacial score (nSPS) is 16.2. The number of benzene rings is 1. The number of nitrogens with one attached hydrogen (secondary N) is 1. The summed E-state index contributed by atoms with van der Waals surface area (Å²) < 4.78 is 13.0. The first kappa shape index (κ1) is 21.2. The standard InChI is InChI=1S/C21H27FN4O2/c1-3-4-20(24-21(28)26-13-11-25(15-27)12-14-26)19(23)10-5-16(2)17-6-8-18(22)9-7-17/h4-10,15H,3,11-14,23H2,1-2H3,(H,24,28)/b16-5+,19-10+,20-4-. The third-order valence-electron chi connectivity index (χ3n) is 4.52. The second-order valence-corrected chi connectivity index (χ2v) is 6.56. The summed E-state index contributed by atoms with van der Waals surface area (Å²) in [6, 6.07) is 5.99. The summed E-state index contributed by atoms with van der Waals surface area (Å²) in [6.07, 6.45) is 6.93. The van der Waals surface area contributed by atoms with Crippen LogP contribution in [0, 0.1) is 5.82 Å². The zero-order valence-electron chi connectivity index (χ0n) is 16.3. The lowest BCUT2D eigenvalue weighted by molar-refractivity contribution is -0.119. The Hall–Kier alpha value is -3.09. The topological polar surface area (TPSA) is 78.7 Å². The number of carbonyl (C=O) groups excluding carboxylic acids is 2. The van der Waals surface area contributed by atoms with E-state index in [1.807, 2.05) is 26.0 Å². The molecule has 3 amide bonds. The fourth-order valence-corrected chi connectivity index (χ4v) is 2.78. The smallest absolute Gasteiger partial charge is 0.322 e. The van der Waals surface area contributed by atoms with Crippen molar-refractivity contribution in [3.8, 4) is 0 Å². The van der Waals surface area contributed by atoms with E-state index in [2.05, 4.69) is 5.32 Å². The summed E-state index contributed by atoms with van der Waals surface area (Å²) in [6.45, 7) is 5.88. The molecule has 0 aromatic heterocycles. The molecule has 6 nitrogen and oxygen atoms in total. The Morgan fingerprint density at radius 1 is 1.18 bits per heavy atom. The van der Waals surface area contributed by atoms with Gasteiger partial charge in [0.1, 0.15) is 5.82 Å². The number of nitrogens with two attached hydrogens (primary N) is 1. The molecule has 1 fully saturated rings. The van der Waals surface area contributed by atoms with E-state index in [1.165, 1.54) is 12.1 Å². The minimum atomic E-state index is -0.281. The van der Waals surface area contributed by atoms with Gasteiger partial charge in [-0.15, -0.1) is 0 Å². The number of urea groups is 1. The minimum Gasteiger partial charge on any atom is -0.397 e. The number of hydrogen-bond donors (Lipinski definition) is 2. The van der Waals surface area contributed by atoms with Crippen molar-refractivity contribution in [3.63, 3.8) is 0 Å². The third-order valence-corrected chi connectivity index (χ3v) is 4.52. The van der Waals surface area contributed by atoms with E-state index in [0.717, 1.165) is 17.5 Å². The quantitative estimate of drug-likeness (QED) is 0.583. The SMILES string of the molecule is CC/C=C(NC(=O)N1CCN(C=O)CC1)/C(N)=C\C=C(/C)c1ccc(F)cc1. The molecule has 1 aliphatic rings. The molecule has 2 rings (SSSR count). The van der Waals surface area contributed by atoms with Crippen LogP contribution in [0.2, 0.25) is 0 Å². The molecule has 1 aromatic rings. The Morgan fingerprint density at radius 3 is 2.39 bits per heavy atom. The molecule has 1 aliphatic heterocycles. The molecule has 0 aliphatic carbocycles. The highest BCUT2D eigenvalue weighted by atomic mass is 19.1. The Bertz CT molecular complexity index is 776. The summed E-state index contributed by atoms with van der Waals surface area (Å²) in [5, 5.41) is 2.86. The number of rotatable bonds is 6. The first-order valence-electron chi connectivity index (χ1n) is 9.30. The lowest BCUT2D eigenvalue weighted by atomic mass is 10.1. The third kappa shape index (κ3) is 5.97. The highest BCUT2D eigenvalue weighted by molar-refractivity contribution is 5.77. The first-order valence-corrected chi connectivity index (χ1v) is 9.30. The van der Waals surface area contributed by atoms with Gasteiger partial charge in [0.15, 0.2) is 0 Å². The molecule has 0 radical (unpaired) electrons. The van der Waals surface area contributed by atoms with Crippen LogP contribution in [0.25, 0.3) is 5.57 Å². The molecule has 1 saturated heterocycles. The lowest BCUT2D eigenvalue weighted by Crippen LogP contribution is -2.51. The Kier molecular flexibility index (Phi) is 7.80. The fraction of sp³-hybridized carbons (Fsp3) is 0.333. The molecule has 7 heteroatoms. The number of carbonyl (C=O) groups is 2. The lowest BCUT2D eigenvalue weighted by Gasteiger charge is -2.32. The van der Waals surface area contributed by atoms with Gasteiger partial charge in [-0.1, -0.05) is 31.2 Å². The number of halogens is 1. The van der Waals surface area contributed by atoms with Crippen LogP contribution in [0.15, 0.2) is 53.9 Å². The zero-order valence-corrected chi connectivity index (χ0v) is 16.3. The molecule has 28 heavy (non-hydrogen) atoms. The van der Waals surface area contributed by atoms with Crippen LogP contribution in [-0.4, -0.2) is 48.4 Å². The van der Waals surface area contributed by atoms with Crippen LogP contribution in [0.1, 0.15) is 25.8 Å². The van der Waals surface area contributed by atoms with Gasteiger partial charge in [-0.05, 0) is 42.7 Å². The Labute approximate surface area is 165 Å². The van der Waals surface area contributed by atoms with Gasteiger partial charge in [-0.2, -0.15) is 0 Å². The van der Waals surface area contributed by atoms with Crippen molar-refractivity contribution >= 4 is 18.0 Å². The van der Waals surface area contributed by atoms with Crippen molar-refractivity contribution in [2.24, 2.45) is 5.73 Å². The van der Waals surface area contributed by atoms with Gasteiger partial charge >= 0.3 is 6.03 Å². The molecule has 0 saturated carbocycles. The summed E-state index contributed by atoms with van der Waals surface area (Å²) in [5.74, 6) is -0.281. The molecule has 0 atom stereocenters. The van der Waals surface area contributed by atoms with Gasteiger partial charge < -0.3 is 20.9 Å². The van der Waals surface area contributed by atoms with E-state index < -0.39 is 0 Å².